The van der Waals surface area contributed by atoms with Crippen molar-refractivity contribution in [2.45, 2.75) is 30.7 Å². The Morgan fingerprint density at radius 1 is 0.743 bits per heavy atom. The second-order valence-corrected chi connectivity index (χ2v) is 7.53. The second-order valence-electron chi connectivity index (χ2n) is 7.53. The standard InChI is InChI=1S/C15H10O8.C6H12O6/c16-6-3-7(17)11-10(4-6)23-15(14(22)13(11)21)5-1-8(18)12(20)9(19)2-5;7-1-2-3(8)4(9)5(10)6(11)12-2/h1-4,16-20,22H;2-11H,1H2/t;2-,3-,4-,5+,6?/m.0/s1. The molecule has 3 aromatic rings. The number of aliphatic hydroxyl groups excluding tert-OH is 5. The number of hydrogen-bond donors (Lipinski definition) is 11. The van der Waals surface area contributed by atoms with Gasteiger partial charge in [-0.05, 0) is 12.1 Å². The zero-order chi connectivity index (χ0) is 26.2. The van der Waals surface area contributed by atoms with E-state index in [0.29, 0.717) is 0 Å². The van der Waals surface area contributed by atoms with Crippen molar-refractivity contribution in [3.63, 3.8) is 0 Å². The molecule has 2 heterocycles. The van der Waals surface area contributed by atoms with E-state index in [0.717, 1.165) is 24.3 Å². The van der Waals surface area contributed by atoms with E-state index >= 15 is 0 Å². The number of aromatic hydroxyl groups is 6. The van der Waals surface area contributed by atoms with Gasteiger partial charge in [0.1, 0.15) is 46.9 Å². The smallest absolute Gasteiger partial charge is 0.238 e. The molecule has 35 heavy (non-hydrogen) atoms. The highest BCUT2D eigenvalue weighted by Gasteiger charge is 2.42. The van der Waals surface area contributed by atoms with Gasteiger partial charge in [-0.2, -0.15) is 0 Å². The summed E-state index contributed by atoms with van der Waals surface area (Å²) >= 11 is 0. The quantitative estimate of drug-likeness (QED) is 0.179. The molecule has 0 radical (unpaired) electrons. The molecule has 4 rings (SSSR count). The monoisotopic (exact) mass is 498 g/mol. The van der Waals surface area contributed by atoms with Crippen molar-refractivity contribution in [3.05, 3.63) is 34.5 Å². The number of phenolic OH excluding ortho intramolecular Hbond substituents is 5. The van der Waals surface area contributed by atoms with Crippen LogP contribution < -0.4 is 5.43 Å². The number of ether oxygens (including phenoxy) is 1. The first-order valence-corrected chi connectivity index (χ1v) is 9.83. The molecule has 5 atom stereocenters. The number of benzene rings is 2. The predicted octanol–water partition coefficient (Wildman–Crippen LogP) is -1.53. The number of phenols is 5. The van der Waals surface area contributed by atoms with Gasteiger partial charge in [0, 0.05) is 17.7 Å². The van der Waals surface area contributed by atoms with E-state index in [1.54, 1.807) is 0 Å². The SMILES string of the molecule is O=c1c(O)c(-c2cc(O)c(O)c(O)c2)oc2cc(O)cc(O)c12.OC[C@@H]1OC(O)[C@H](O)[C@@H](O)[C@H]1O. The van der Waals surface area contributed by atoms with E-state index in [1.165, 1.54) is 0 Å². The second kappa shape index (κ2) is 9.83. The fourth-order valence-electron chi connectivity index (χ4n) is 3.29. The molecule has 1 aliphatic heterocycles. The Morgan fingerprint density at radius 2 is 1.34 bits per heavy atom. The van der Waals surface area contributed by atoms with E-state index in [2.05, 4.69) is 4.74 Å². The van der Waals surface area contributed by atoms with Crippen LogP contribution in [0.5, 0.6) is 34.5 Å². The third kappa shape index (κ3) is 4.88. The molecule has 0 bridgehead atoms. The molecule has 2 aromatic carbocycles. The number of fused-ring (bicyclic) bond motifs is 1. The van der Waals surface area contributed by atoms with E-state index in [1.807, 2.05) is 0 Å². The fourth-order valence-corrected chi connectivity index (χ4v) is 3.29. The van der Waals surface area contributed by atoms with Gasteiger partial charge in [0.25, 0.3) is 0 Å². The summed E-state index contributed by atoms with van der Waals surface area (Å²) in [6.45, 7) is -0.526. The van der Waals surface area contributed by atoms with E-state index in [4.69, 9.17) is 29.9 Å². The molecule has 1 aromatic heterocycles. The zero-order valence-electron chi connectivity index (χ0n) is 17.5. The third-order valence-corrected chi connectivity index (χ3v) is 5.13. The summed E-state index contributed by atoms with van der Waals surface area (Å²) in [5, 5.41) is 102. The van der Waals surface area contributed by atoms with Gasteiger partial charge in [0.05, 0.1) is 6.61 Å². The van der Waals surface area contributed by atoms with Crippen molar-refractivity contribution in [1.29, 1.82) is 0 Å². The Bertz CT molecular complexity index is 1260. The molecule has 11 N–H and O–H groups in total. The minimum atomic E-state index is -1.57. The fraction of sp³-hybridized carbons (Fsp3) is 0.286. The molecule has 1 aliphatic rings. The van der Waals surface area contributed by atoms with Gasteiger partial charge in [0.15, 0.2) is 29.3 Å². The number of rotatable bonds is 2. The van der Waals surface area contributed by atoms with Crippen LogP contribution >= 0.6 is 0 Å². The first-order chi connectivity index (χ1) is 16.4. The van der Waals surface area contributed by atoms with Crippen LogP contribution in [0.2, 0.25) is 0 Å². The molecular weight excluding hydrogens is 476 g/mol. The molecule has 14 heteroatoms. The molecule has 1 fully saturated rings. The van der Waals surface area contributed by atoms with Crippen molar-refractivity contribution in [2.75, 3.05) is 6.61 Å². The number of hydrogen-bond acceptors (Lipinski definition) is 14. The van der Waals surface area contributed by atoms with Crippen LogP contribution in [0.15, 0.2) is 33.5 Å². The molecule has 1 unspecified atom stereocenters. The van der Waals surface area contributed by atoms with Crippen LogP contribution in [0.4, 0.5) is 0 Å². The normalized spacial score (nSPS) is 24.1. The van der Waals surface area contributed by atoms with Gasteiger partial charge in [-0.15, -0.1) is 0 Å². The highest BCUT2D eigenvalue weighted by molar-refractivity contribution is 5.88. The average Bonchev–Trinajstić information content (AvgIpc) is 2.80. The Kier molecular flexibility index (Phi) is 7.25. The average molecular weight is 498 g/mol. The van der Waals surface area contributed by atoms with Gasteiger partial charge in [-0.1, -0.05) is 0 Å². The molecule has 0 saturated carbocycles. The molecule has 14 nitrogen and oxygen atoms in total. The lowest BCUT2D eigenvalue weighted by atomic mass is 10.00. The molecule has 0 spiro atoms. The first kappa shape index (κ1) is 25.8. The summed E-state index contributed by atoms with van der Waals surface area (Å²) in [6, 6.07) is 3.89. The highest BCUT2D eigenvalue weighted by Crippen LogP contribution is 2.42. The van der Waals surface area contributed by atoms with Gasteiger partial charge < -0.3 is 65.3 Å². The van der Waals surface area contributed by atoms with Crippen molar-refractivity contribution in [3.8, 4) is 45.8 Å². The topological polar surface area (TPSA) is 262 Å². The lowest BCUT2D eigenvalue weighted by Gasteiger charge is -2.37. The lowest BCUT2D eigenvalue weighted by molar-refractivity contribution is -0.286. The van der Waals surface area contributed by atoms with Crippen molar-refractivity contribution in [2.24, 2.45) is 0 Å². The van der Waals surface area contributed by atoms with Crippen molar-refractivity contribution in [1.82, 2.24) is 0 Å². The Hall–Kier alpha value is -3.79. The summed E-state index contributed by atoms with van der Waals surface area (Å²) in [5.41, 5.74) is -1.28. The Labute approximate surface area is 194 Å². The van der Waals surface area contributed by atoms with Crippen LogP contribution in [0, 0.1) is 0 Å². The van der Waals surface area contributed by atoms with Crippen LogP contribution in [0.1, 0.15) is 0 Å². The van der Waals surface area contributed by atoms with Gasteiger partial charge >= 0.3 is 0 Å². The minimum Gasteiger partial charge on any atom is -0.508 e. The van der Waals surface area contributed by atoms with Crippen LogP contribution in [0.3, 0.4) is 0 Å². The molecule has 190 valence electrons. The van der Waals surface area contributed by atoms with Gasteiger partial charge in [0.2, 0.25) is 11.2 Å². The van der Waals surface area contributed by atoms with Gasteiger partial charge in [-0.25, -0.2) is 0 Å². The summed E-state index contributed by atoms with van der Waals surface area (Å²) in [7, 11) is 0. The first-order valence-electron chi connectivity index (χ1n) is 9.83. The Balaban J connectivity index is 0.000000241. The Morgan fingerprint density at radius 3 is 1.91 bits per heavy atom. The maximum atomic E-state index is 12.2. The lowest BCUT2D eigenvalue weighted by Crippen LogP contribution is -2.58. The molecular formula is C21H22O14. The molecule has 0 amide bonds. The van der Waals surface area contributed by atoms with Crippen molar-refractivity contribution < 1.29 is 65.3 Å². The zero-order valence-corrected chi connectivity index (χ0v) is 17.5. The van der Waals surface area contributed by atoms with E-state index in [9.17, 15) is 35.4 Å². The highest BCUT2D eigenvalue weighted by atomic mass is 16.6. The predicted molar refractivity (Wildman–Crippen MR) is 114 cm³/mol. The summed E-state index contributed by atoms with van der Waals surface area (Å²) in [5.74, 6) is -4.40. The maximum Gasteiger partial charge on any atom is 0.238 e. The third-order valence-electron chi connectivity index (χ3n) is 5.13. The van der Waals surface area contributed by atoms with Crippen LogP contribution in [-0.2, 0) is 4.74 Å². The van der Waals surface area contributed by atoms with Gasteiger partial charge in [-0.3, -0.25) is 4.79 Å². The maximum absolute atomic E-state index is 12.2. The summed E-state index contributed by atoms with van der Waals surface area (Å²) in [4.78, 5) is 12.2. The van der Waals surface area contributed by atoms with Crippen molar-refractivity contribution >= 4 is 11.0 Å². The largest absolute Gasteiger partial charge is 0.508 e. The summed E-state index contributed by atoms with van der Waals surface area (Å²) in [6.07, 6.45) is -7.04. The molecule has 0 aliphatic carbocycles. The van der Waals surface area contributed by atoms with E-state index < -0.39 is 77.2 Å². The summed E-state index contributed by atoms with van der Waals surface area (Å²) < 4.78 is 9.87. The van der Waals surface area contributed by atoms with Crippen LogP contribution in [0.25, 0.3) is 22.3 Å². The minimum absolute atomic E-state index is 0.0999. The number of aliphatic hydroxyl groups is 5. The molecule has 1 saturated heterocycles. The van der Waals surface area contributed by atoms with E-state index in [-0.39, 0.29) is 22.3 Å². The van der Waals surface area contributed by atoms with Crippen LogP contribution in [-0.4, -0.2) is 93.5 Å².